The Kier molecular flexibility index (Phi) is 6.90. The van der Waals surface area contributed by atoms with E-state index in [4.69, 9.17) is 17.3 Å². The molecule has 2 aromatic heterocycles. The topological polar surface area (TPSA) is 119 Å². The Bertz CT molecular complexity index is 1310. The Hall–Kier alpha value is -3.75. The van der Waals surface area contributed by atoms with Crippen LogP contribution in [0.5, 0.6) is 0 Å². The summed E-state index contributed by atoms with van der Waals surface area (Å²) in [5.41, 5.74) is 10.8. The number of carbonyl (C=O) groups is 1. The molecule has 0 fully saturated rings. The quantitative estimate of drug-likeness (QED) is 0.408. The van der Waals surface area contributed by atoms with Crippen LogP contribution < -0.4 is 11.1 Å². The van der Waals surface area contributed by atoms with Gasteiger partial charge in [-0.1, -0.05) is 35.9 Å². The summed E-state index contributed by atoms with van der Waals surface area (Å²) in [7, 11) is 0. The maximum absolute atomic E-state index is 11.3. The van der Waals surface area contributed by atoms with Crippen molar-refractivity contribution in [3.63, 3.8) is 0 Å². The second-order valence-electron chi connectivity index (χ2n) is 8.05. The molecule has 0 saturated carbocycles. The number of hydrogen-bond acceptors (Lipinski definition) is 5. The summed E-state index contributed by atoms with van der Waals surface area (Å²) in [5.74, 6) is 1.21. The molecular formula is C25H25ClN6O2. The smallest absolute Gasteiger partial charge is 0.317 e. The van der Waals surface area contributed by atoms with Gasteiger partial charge in [0.1, 0.15) is 17.3 Å². The number of nitrogens with two attached hydrogens (primary N) is 1. The highest BCUT2D eigenvalue weighted by Gasteiger charge is 2.19. The molecule has 5 rings (SSSR count). The summed E-state index contributed by atoms with van der Waals surface area (Å²) in [4.78, 5) is 19.7. The Labute approximate surface area is 202 Å². The lowest BCUT2D eigenvalue weighted by Crippen LogP contribution is -2.21. The largest absolute Gasteiger partial charge is 0.392 e. The predicted molar refractivity (Wildman–Crippen MR) is 132 cm³/mol. The summed E-state index contributed by atoms with van der Waals surface area (Å²) in [6.07, 6.45) is 4.77. The fourth-order valence-electron chi connectivity index (χ4n) is 3.87. The molecule has 0 radical (unpaired) electrons. The molecule has 34 heavy (non-hydrogen) atoms. The molecule has 4 aromatic rings. The average molecular weight is 477 g/mol. The summed E-state index contributed by atoms with van der Waals surface area (Å²) < 4.78 is 1.65. The molecule has 2 heterocycles. The average Bonchev–Trinajstić information content (AvgIpc) is 3.34. The normalized spacial score (nSPS) is 14.2. The number of nitrogens with one attached hydrogen (secondary N) is 1. The molecule has 8 nitrogen and oxygen atoms in total. The Morgan fingerprint density at radius 2 is 1.76 bits per heavy atom. The first-order chi connectivity index (χ1) is 16.3. The van der Waals surface area contributed by atoms with Gasteiger partial charge in [-0.05, 0) is 62.1 Å². The van der Waals surface area contributed by atoms with Gasteiger partial charge in [0.25, 0.3) is 0 Å². The zero-order valence-electron chi connectivity index (χ0n) is 18.9. The van der Waals surface area contributed by atoms with E-state index in [2.05, 4.69) is 20.4 Å². The van der Waals surface area contributed by atoms with Crippen LogP contribution in [0.25, 0.3) is 16.9 Å². The minimum absolute atomic E-state index is 0.191. The van der Waals surface area contributed by atoms with Crippen LogP contribution in [0.1, 0.15) is 22.5 Å². The monoisotopic (exact) mass is 476 g/mol. The van der Waals surface area contributed by atoms with E-state index in [-0.39, 0.29) is 6.10 Å². The molecule has 0 saturated heterocycles. The van der Waals surface area contributed by atoms with Gasteiger partial charge in [-0.25, -0.2) is 19.4 Å². The van der Waals surface area contributed by atoms with E-state index >= 15 is 0 Å². The number of primary amides is 1. The highest BCUT2D eigenvalue weighted by Crippen LogP contribution is 2.29. The molecule has 1 atom stereocenters. The molecule has 1 aliphatic rings. The van der Waals surface area contributed by atoms with Gasteiger partial charge in [-0.2, -0.15) is 5.10 Å². The number of aryl methyl sites for hydroxylation is 1. The highest BCUT2D eigenvalue weighted by molar-refractivity contribution is 6.30. The van der Waals surface area contributed by atoms with Gasteiger partial charge in [0.15, 0.2) is 0 Å². The predicted octanol–water partition coefficient (Wildman–Crippen LogP) is 4.24. The number of rotatable bonds is 3. The number of fused-ring (bicyclic) bond motifs is 1. The molecule has 174 valence electrons. The van der Waals surface area contributed by atoms with E-state index in [1.54, 1.807) is 17.1 Å². The van der Waals surface area contributed by atoms with Crippen molar-refractivity contribution in [3.05, 3.63) is 88.5 Å². The molecule has 1 unspecified atom stereocenters. The number of aromatic nitrogens is 4. The molecule has 2 aromatic carbocycles. The van der Waals surface area contributed by atoms with E-state index in [1.807, 2.05) is 62.4 Å². The molecule has 0 spiro atoms. The second kappa shape index (κ2) is 10.0. The van der Waals surface area contributed by atoms with Gasteiger partial charge in [-0.3, -0.25) is 5.32 Å². The first-order valence-electron chi connectivity index (χ1n) is 10.8. The molecule has 0 bridgehead atoms. The Balaban J connectivity index is 0.000000207. The SMILES string of the molecule is Cc1ncc(-c2nn(-c3ccccc3)c(NC(N)=O)c2C)cn1.OC1Cc2ccc(Cl)cc2C1. The third-order valence-corrected chi connectivity index (χ3v) is 5.73. The molecule has 9 heteroatoms. The minimum atomic E-state index is -0.642. The summed E-state index contributed by atoms with van der Waals surface area (Å²) >= 11 is 5.79. The highest BCUT2D eigenvalue weighted by atomic mass is 35.5. The fraction of sp³-hybridized carbons (Fsp3) is 0.200. The van der Waals surface area contributed by atoms with E-state index in [0.29, 0.717) is 17.3 Å². The number of para-hydroxylation sites is 1. The second-order valence-corrected chi connectivity index (χ2v) is 8.49. The maximum atomic E-state index is 11.3. The Morgan fingerprint density at radius 3 is 2.44 bits per heavy atom. The molecule has 1 aliphatic carbocycles. The number of halogens is 1. The first-order valence-corrected chi connectivity index (χ1v) is 11.2. The zero-order chi connectivity index (χ0) is 24.2. The van der Waals surface area contributed by atoms with Crippen LogP contribution in [0.4, 0.5) is 10.6 Å². The van der Waals surface area contributed by atoms with Crippen molar-refractivity contribution in [2.45, 2.75) is 32.8 Å². The first kappa shape index (κ1) is 23.4. The van der Waals surface area contributed by atoms with E-state index in [9.17, 15) is 9.90 Å². The standard InChI is InChI=1S/C16H16N6O.C9H9ClO/c1-10-14(12-8-18-11(2)19-9-12)21-22(15(10)20-16(17)23)13-6-4-3-5-7-13;10-8-2-1-6-4-9(11)5-7(6)3-8/h3-9H,1-2H3,(H3,17,20,23);1-3,9,11H,4-5H2. The fourth-order valence-corrected chi connectivity index (χ4v) is 4.06. The van der Waals surface area contributed by atoms with Gasteiger partial charge < -0.3 is 10.8 Å². The number of hydrogen-bond donors (Lipinski definition) is 3. The van der Waals surface area contributed by atoms with Crippen molar-refractivity contribution in [2.75, 3.05) is 5.32 Å². The lowest BCUT2D eigenvalue weighted by molar-refractivity contribution is 0.187. The number of anilines is 1. The lowest BCUT2D eigenvalue weighted by atomic mass is 10.1. The van der Waals surface area contributed by atoms with Crippen LogP contribution in [0.2, 0.25) is 5.02 Å². The van der Waals surface area contributed by atoms with E-state index < -0.39 is 6.03 Å². The van der Waals surface area contributed by atoms with E-state index in [0.717, 1.165) is 34.7 Å². The number of benzene rings is 2. The number of aliphatic hydroxyl groups is 1. The van der Waals surface area contributed by atoms with Crippen molar-refractivity contribution in [1.29, 1.82) is 0 Å². The molecular weight excluding hydrogens is 452 g/mol. The molecule has 2 amide bonds. The zero-order valence-corrected chi connectivity index (χ0v) is 19.6. The van der Waals surface area contributed by atoms with Crippen LogP contribution in [0, 0.1) is 13.8 Å². The van der Waals surface area contributed by atoms with Crippen LogP contribution in [0.15, 0.2) is 60.9 Å². The van der Waals surface area contributed by atoms with Crippen LogP contribution in [-0.4, -0.2) is 37.0 Å². The lowest BCUT2D eigenvalue weighted by Gasteiger charge is -2.07. The molecule has 4 N–H and O–H groups in total. The number of amides is 2. The Morgan fingerprint density at radius 1 is 1.09 bits per heavy atom. The van der Waals surface area contributed by atoms with Crippen molar-refractivity contribution in [1.82, 2.24) is 19.7 Å². The van der Waals surface area contributed by atoms with Crippen LogP contribution in [-0.2, 0) is 12.8 Å². The molecule has 0 aliphatic heterocycles. The van der Waals surface area contributed by atoms with Crippen molar-refractivity contribution >= 4 is 23.4 Å². The van der Waals surface area contributed by atoms with Gasteiger partial charge in [-0.15, -0.1) is 0 Å². The third-order valence-electron chi connectivity index (χ3n) is 5.50. The number of nitrogens with zero attached hydrogens (tertiary/aromatic N) is 4. The van der Waals surface area contributed by atoms with Crippen LogP contribution >= 0.6 is 11.6 Å². The summed E-state index contributed by atoms with van der Waals surface area (Å²) in [6, 6.07) is 14.7. The summed E-state index contributed by atoms with van der Waals surface area (Å²) in [5, 5.41) is 17.3. The third kappa shape index (κ3) is 5.24. The van der Waals surface area contributed by atoms with E-state index in [1.165, 1.54) is 11.1 Å². The number of urea groups is 1. The number of carbonyl (C=O) groups excluding carboxylic acids is 1. The van der Waals surface area contributed by atoms with Crippen molar-refractivity contribution in [2.24, 2.45) is 5.73 Å². The van der Waals surface area contributed by atoms with Crippen molar-refractivity contribution < 1.29 is 9.90 Å². The van der Waals surface area contributed by atoms with Gasteiger partial charge in [0, 0.05) is 28.5 Å². The summed E-state index contributed by atoms with van der Waals surface area (Å²) in [6.45, 7) is 3.69. The van der Waals surface area contributed by atoms with Crippen LogP contribution in [0.3, 0.4) is 0 Å². The number of aliphatic hydroxyl groups excluding tert-OH is 1. The van der Waals surface area contributed by atoms with Gasteiger partial charge in [0.2, 0.25) is 0 Å². The van der Waals surface area contributed by atoms with Gasteiger partial charge >= 0.3 is 6.03 Å². The maximum Gasteiger partial charge on any atom is 0.317 e. The van der Waals surface area contributed by atoms with Gasteiger partial charge in [0.05, 0.1) is 11.8 Å². The minimum Gasteiger partial charge on any atom is -0.392 e. The van der Waals surface area contributed by atoms with Crippen molar-refractivity contribution in [3.8, 4) is 16.9 Å².